The van der Waals surface area contributed by atoms with Crippen LogP contribution in [0.2, 0.25) is 0 Å². The topological polar surface area (TPSA) is 237 Å². The summed E-state index contributed by atoms with van der Waals surface area (Å²) in [6.45, 7) is 9.41. The summed E-state index contributed by atoms with van der Waals surface area (Å²) >= 11 is 0. The number of esters is 4. The molecule has 6 atom stereocenters. The van der Waals surface area contributed by atoms with Crippen LogP contribution in [0.5, 0.6) is 0 Å². The number of hydrogen-bond donors (Lipinski definition) is 3. The highest BCUT2D eigenvalue weighted by Crippen LogP contribution is 2.45. The van der Waals surface area contributed by atoms with Crippen LogP contribution in [0.15, 0.2) is 24.3 Å². The summed E-state index contributed by atoms with van der Waals surface area (Å²) in [7, 11) is -9.91. The van der Waals surface area contributed by atoms with Gasteiger partial charge in [0.1, 0.15) is 19.3 Å². The van der Waals surface area contributed by atoms with Gasteiger partial charge in [-0.3, -0.25) is 37.3 Å². The fraction of sp³-hybridized carbons (Fsp3) is 0.884. The minimum absolute atomic E-state index is 0.0843. The lowest BCUT2D eigenvalue weighted by molar-refractivity contribution is -0.161. The molecule has 0 aliphatic rings. The van der Waals surface area contributed by atoms with Gasteiger partial charge >= 0.3 is 39.5 Å². The third kappa shape index (κ3) is 61.1. The van der Waals surface area contributed by atoms with Crippen LogP contribution in [0.3, 0.4) is 0 Å². The zero-order valence-electron chi connectivity index (χ0n) is 56.5. The van der Waals surface area contributed by atoms with Gasteiger partial charge in [0.25, 0.3) is 0 Å². The smallest absolute Gasteiger partial charge is 0.462 e. The summed E-state index contributed by atoms with van der Waals surface area (Å²) in [5.41, 5.74) is 0. The van der Waals surface area contributed by atoms with Gasteiger partial charge in [-0.15, -0.1) is 0 Å². The highest BCUT2D eigenvalue weighted by Gasteiger charge is 2.30. The maximum absolute atomic E-state index is 13.0. The first-order valence-electron chi connectivity index (χ1n) is 35.3. The number of phosphoric ester groups is 2. The Morgan fingerprint density at radius 1 is 0.375 bits per heavy atom. The van der Waals surface area contributed by atoms with Crippen LogP contribution >= 0.6 is 15.6 Å². The van der Waals surface area contributed by atoms with Gasteiger partial charge < -0.3 is 33.8 Å². The standard InChI is InChI=1S/C69H130O17P2/c1-7-10-12-14-16-18-20-21-22-23-25-27-35-42-48-54-69(74)85-64(57-79-66(71)51-45-39-33-29-28-32-38-44-50-62(6)9-3)59-83-87(75,76)81-55-63(70)56-82-88(77,78)84-60-65(58-80-67(72)52-46-40-36-30-31-37-43-49-61(4)5)86-68(73)53-47-41-34-26-24-19-17-15-13-11-8-2/h18,20-22,61-65,70H,7-17,19,23-60H2,1-6H3,(H,75,76)(H,77,78)/b20-18-,22-21-/t62?,63-,64-,65-/m1/s1. The lowest BCUT2D eigenvalue weighted by Gasteiger charge is -2.21. The Morgan fingerprint density at radius 2 is 0.670 bits per heavy atom. The van der Waals surface area contributed by atoms with Crippen molar-refractivity contribution in [3.63, 3.8) is 0 Å². The number of allylic oxidation sites excluding steroid dienone is 4. The number of aliphatic hydroxyl groups excluding tert-OH is 1. The van der Waals surface area contributed by atoms with Gasteiger partial charge in [0, 0.05) is 25.7 Å². The maximum atomic E-state index is 13.0. The zero-order valence-corrected chi connectivity index (χ0v) is 58.3. The molecule has 0 heterocycles. The number of carbonyl (C=O) groups is 4. The van der Waals surface area contributed by atoms with E-state index in [1.54, 1.807) is 0 Å². The van der Waals surface area contributed by atoms with Crippen molar-refractivity contribution in [2.24, 2.45) is 11.8 Å². The minimum Gasteiger partial charge on any atom is -0.462 e. The monoisotopic (exact) mass is 1290 g/mol. The molecule has 0 aromatic carbocycles. The molecule has 0 saturated carbocycles. The van der Waals surface area contributed by atoms with E-state index in [1.807, 2.05) is 0 Å². The van der Waals surface area contributed by atoms with Gasteiger partial charge in [0.05, 0.1) is 26.4 Å². The van der Waals surface area contributed by atoms with Gasteiger partial charge in [-0.05, 0) is 63.2 Å². The van der Waals surface area contributed by atoms with Crippen molar-refractivity contribution in [2.45, 2.75) is 342 Å². The van der Waals surface area contributed by atoms with Crippen molar-refractivity contribution in [3.05, 3.63) is 24.3 Å². The summed E-state index contributed by atoms with van der Waals surface area (Å²) in [5, 5.41) is 10.6. The van der Waals surface area contributed by atoms with Gasteiger partial charge in [0.15, 0.2) is 12.2 Å². The molecule has 0 spiro atoms. The zero-order chi connectivity index (χ0) is 65.0. The molecule has 0 amide bonds. The van der Waals surface area contributed by atoms with Gasteiger partial charge in [0.2, 0.25) is 0 Å². The Morgan fingerprint density at radius 3 is 1.02 bits per heavy atom. The average Bonchev–Trinajstić information content (AvgIpc) is 3.52. The average molecular weight is 1290 g/mol. The van der Waals surface area contributed by atoms with Gasteiger partial charge in [-0.1, -0.05) is 271 Å². The Balaban J connectivity index is 5.29. The van der Waals surface area contributed by atoms with E-state index < -0.39 is 97.5 Å². The molecular formula is C69H130O17P2. The molecule has 3 N–H and O–H groups in total. The number of ether oxygens (including phenoxy) is 4. The number of hydrogen-bond acceptors (Lipinski definition) is 15. The highest BCUT2D eigenvalue weighted by molar-refractivity contribution is 7.47. The number of carbonyl (C=O) groups excluding carboxylic acids is 4. The first-order valence-corrected chi connectivity index (χ1v) is 38.3. The van der Waals surface area contributed by atoms with Crippen LogP contribution in [0.4, 0.5) is 0 Å². The van der Waals surface area contributed by atoms with E-state index in [9.17, 15) is 43.2 Å². The quantitative estimate of drug-likeness (QED) is 0.0169. The van der Waals surface area contributed by atoms with E-state index in [-0.39, 0.29) is 25.7 Å². The predicted octanol–water partition coefficient (Wildman–Crippen LogP) is 19.2. The SMILES string of the molecule is CCCCCC/C=C\C=C/CCCCCCCC(=O)O[C@H](COC(=O)CCCCCCCCCCC(C)CC)COP(=O)(O)OC[C@@H](O)COP(=O)(O)OC[C@@H](COC(=O)CCCCCCCCCC(C)C)OC(=O)CCCCCCCCCCCCC. The van der Waals surface area contributed by atoms with Crippen LogP contribution in [-0.4, -0.2) is 96.7 Å². The number of unbranched alkanes of at least 4 members (excludes halogenated alkanes) is 32. The molecule has 0 fully saturated rings. The van der Waals surface area contributed by atoms with Crippen LogP contribution in [-0.2, 0) is 65.4 Å². The third-order valence-electron chi connectivity index (χ3n) is 15.7. The third-order valence-corrected chi connectivity index (χ3v) is 17.6. The Bertz CT molecular complexity index is 1810. The fourth-order valence-electron chi connectivity index (χ4n) is 9.84. The van der Waals surface area contributed by atoms with Gasteiger partial charge in [-0.25, -0.2) is 9.13 Å². The molecule has 19 heteroatoms. The Hall–Kier alpha value is -2.46. The lowest BCUT2D eigenvalue weighted by Crippen LogP contribution is -2.30. The van der Waals surface area contributed by atoms with Crippen molar-refractivity contribution in [2.75, 3.05) is 39.6 Å². The molecule has 17 nitrogen and oxygen atoms in total. The maximum Gasteiger partial charge on any atom is 0.472 e. The molecule has 0 saturated heterocycles. The predicted molar refractivity (Wildman–Crippen MR) is 354 cm³/mol. The van der Waals surface area contributed by atoms with Crippen molar-refractivity contribution < 1.29 is 80.2 Å². The van der Waals surface area contributed by atoms with Crippen molar-refractivity contribution in [1.29, 1.82) is 0 Å². The Labute approximate surface area is 535 Å². The first kappa shape index (κ1) is 85.5. The second kappa shape index (κ2) is 60.8. The summed E-state index contributed by atoms with van der Waals surface area (Å²) in [5.74, 6) is -0.679. The minimum atomic E-state index is -4.96. The van der Waals surface area contributed by atoms with E-state index in [1.165, 1.54) is 122 Å². The Kier molecular flexibility index (Phi) is 59.1. The second-order valence-electron chi connectivity index (χ2n) is 24.9. The van der Waals surface area contributed by atoms with Gasteiger partial charge in [-0.2, -0.15) is 0 Å². The van der Waals surface area contributed by atoms with E-state index >= 15 is 0 Å². The summed E-state index contributed by atoms with van der Waals surface area (Å²) < 4.78 is 68.2. The van der Waals surface area contributed by atoms with Crippen molar-refractivity contribution >= 4 is 39.5 Å². The molecular weight excluding hydrogens is 1160 g/mol. The lowest BCUT2D eigenvalue weighted by atomic mass is 9.99. The molecule has 518 valence electrons. The normalized spacial score (nSPS) is 14.7. The van der Waals surface area contributed by atoms with Crippen LogP contribution in [0, 0.1) is 11.8 Å². The molecule has 0 bridgehead atoms. The summed E-state index contributed by atoms with van der Waals surface area (Å²) in [6.07, 6.45) is 48.0. The van der Waals surface area contributed by atoms with Crippen molar-refractivity contribution in [1.82, 2.24) is 0 Å². The molecule has 0 aliphatic carbocycles. The fourth-order valence-corrected chi connectivity index (χ4v) is 11.4. The molecule has 0 aliphatic heterocycles. The van der Waals surface area contributed by atoms with E-state index in [0.29, 0.717) is 31.6 Å². The van der Waals surface area contributed by atoms with Crippen LogP contribution in [0.1, 0.15) is 324 Å². The molecule has 0 aromatic heterocycles. The number of rotatable bonds is 66. The van der Waals surface area contributed by atoms with Crippen molar-refractivity contribution in [3.8, 4) is 0 Å². The number of phosphoric acid groups is 2. The highest BCUT2D eigenvalue weighted by atomic mass is 31.2. The number of aliphatic hydroxyl groups is 1. The molecule has 0 aromatic rings. The van der Waals surface area contributed by atoms with E-state index in [4.69, 9.17) is 37.0 Å². The molecule has 0 radical (unpaired) electrons. The first-order chi connectivity index (χ1) is 42.4. The van der Waals surface area contributed by atoms with Crippen LogP contribution in [0.25, 0.3) is 0 Å². The molecule has 88 heavy (non-hydrogen) atoms. The van der Waals surface area contributed by atoms with Crippen LogP contribution < -0.4 is 0 Å². The largest absolute Gasteiger partial charge is 0.472 e. The molecule has 0 rings (SSSR count). The van der Waals surface area contributed by atoms with E-state index in [0.717, 1.165) is 115 Å². The summed E-state index contributed by atoms with van der Waals surface area (Å²) in [6, 6.07) is 0. The summed E-state index contributed by atoms with van der Waals surface area (Å²) in [4.78, 5) is 72.4. The van der Waals surface area contributed by atoms with E-state index in [2.05, 4.69) is 65.8 Å². The second-order valence-corrected chi connectivity index (χ2v) is 27.9. The molecule has 3 unspecified atom stereocenters.